The zero-order chi connectivity index (χ0) is 14.3. The second-order valence-electron chi connectivity index (χ2n) is 4.84. The first-order chi connectivity index (χ1) is 9.06. The van der Waals surface area contributed by atoms with Crippen LogP contribution < -0.4 is 10.9 Å². The van der Waals surface area contributed by atoms with Gasteiger partial charge in [0, 0.05) is 13.1 Å². The molecule has 0 aliphatic heterocycles. The van der Waals surface area contributed by atoms with E-state index < -0.39 is 0 Å². The molecule has 0 fully saturated rings. The first-order valence-electron chi connectivity index (χ1n) is 6.70. The lowest BCUT2D eigenvalue weighted by atomic mass is 10.3. The molecule has 1 heterocycles. The van der Waals surface area contributed by atoms with Crippen LogP contribution in [0.3, 0.4) is 0 Å². The van der Waals surface area contributed by atoms with Crippen molar-refractivity contribution in [1.29, 1.82) is 0 Å². The first-order valence-corrected chi connectivity index (χ1v) is 7.49. The van der Waals surface area contributed by atoms with Gasteiger partial charge in [0.15, 0.2) is 0 Å². The van der Waals surface area contributed by atoms with E-state index >= 15 is 0 Å². The molecule has 0 saturated heterocycles. The van der Waals surface area contributed by atoms with Gasteiger partial charge in [-0.25, -0.2) is 4.68 Å². The summed E-state index contributed by atoms with van der Waals surface area (Å²) < 4.78 is 2.09. The van der Waals surface area contributed by atoms with Crippen LogP contribution >= 0.6 is 15.9 Å². The Kier molecular flexibility index (Phi) is 7.09. The minimum Gasteiger partial charge on any atom is -0.383 e. The third-order valence-corrected chi connectivity index (χ3v) is 3.57. The van der Waals surface area contributed by atoms with Gasteiger partial charge in [0.25, 0.3) is 5.56 Å². The summed E-state index contributed by atoms with van der Waals surface area (Å²) in [4.78, 5) is 14.2. The number of hydrogen-bond donors (Lipinski definition) is 1. The van der Waals surface area contributed by atoms with Crippen LogP contribution in [0.15, 0.2) is 15.5 Å². The predicted octanol–water partition coefficient (Wildman–Crippen LogP) is 2.17. The summed E-state index contributed by atoms with van der Waals surface area (Å²) in [5, 5.41) is 7.43. The SMILES string of the molecule is CCCCn1ncc(NCCCN(C)C)c(Br)c1=O. The maximum atomic E-state index is 12.0. The highest BCUT2D eigenvalue weighted by Gasteiger charge is 2.07. The maximum Gasteiger partial charge on any atom is 0.283 e. The molecule has 0 atom stereocenters. The van der Waals surface area contributed by atoms with Gasteiger partial charge in [0.1, 0.15) is 4.47 Å². The van der Waals surface area contributed by atoms with E-state index in [1.54, 1.807) is 6.20 Å². The predicted molar refractivity (Wildman–Crippen MR) is 82.8 cm³/mol. The largest absolute Gasteiger partial charge is 0.383 e. The Hall–Kier alpha value is -0.880. The lowest BCUT2D eigenvalue weighted by Gasteiger charge is -2.12. The van der Waals surface area contributed by atoms with E-state index in [4.69, 9.17) is 0 Å². The van der Waals surface area contributed by atoms with Crippen LogP contribution in [-0.2, 0) is 6.54 Å². The standard InChI is InChI=1S/C13H23BrN4O/c1-4-5-9-18-13(19)12(14)11(10-16-18)15-7-6-8-17(2)3/h10,15H,4-9H2,1-3H3. The molecule has 0 radical (unpaired) electrons. The zero-order valence-electron chi connectivity index (χ0n) is 11.9. The Morgan fingerprint density at radius 3 is 2.79 bits per heavy atom. The summed E-state index contributed by atoms with van der Waals surface area (Å²) in [5.74, 6) is 0. The number of anilines is 1. The molecule has 108 valence electrons. The van der Waals surface area contributed by atoms with Crippen molar-refractivity contribution in [2.75, 3.05) is 32.5 Å². The van der Waals surface area contributed by atoms with E-state index in [-0.39, 0.29) is 5.56 Å². The fraction of sp³-hybridized carbons (Fsp3) is 0.692. The van der Waals surface area contributed by atoms with Gasteiger partial charge >= 0.3 is 0 Å². The van der Waals surface area contributed by atoms with Crippen LogP contribution in [0.1, 0.15) is 26.2 Å². The second kappa shape index (κ2) is 8.32. The minimum absolute atomic E-state index is 0.0638. The summed E-state index contributed by atoms with van der Waals surface area (Å²) >= 11 is 3.36. The van der Waals surface area contributed by atoms with Crippen molar-refractivity contribution in [3.8, 4) is 0 Å². The van der Waals surface area contributed by atoms with E-state index in [1.807, 2.05) is 14.1 Å². The Morgan fingerprint density at radius 2 is 2.16 bits per heavy atom. The molecule has 0 bridgehead atoms. The van der Waals surface area contributed by atoms with Crippen LogP contribution in [-0.4, -0.2) is 41.9 Å². The van der Waals surface area contributed by atoms with E-state index in [9.17, 15) is 4.79 Å². The first kappa shape index (κ1) is 16.2. The molecule has 5 nitrogen and oxygen atoms in total. The van der Waals surface area contributed by atoms with Crippen molar-refractivity contribution >= 4 is 21.6 Å². The van der Waals surface area contributed by atoms with Crippen LogP contribution in [0, 0.1) is 0 Å². The van der Waals surface area contributed by atoms with E-state index in [1.165, 1.54) is 4.68 Å². The van der Waals surface area contributed by atoms with Crippen molar-refractivity contribution in [3.05, 3.63) is 21.0 Å². The van der Waals surface area contributed by atoms with Crippen molar-refractivity contribution in [1.82, 2.24) is 14.7 Å². The number of nitrogens with one attached hydrogen (secondary N) is 1. The molecule has 0 aromatic carbocycles. The summed E-state index contributed by atoms with van der Waals surface area (Å²) in [5.41, 5.74) is 0.711. The topological polar surface area (TPSA) is 50.2 Å². The summed E-state index contributed by atoms with van der Waals surface area (Å²) in [6.45, 7) is 4.62. The normalized spacial score (nSPS) is 11.0. The van der Waals surface area contributed by atoms with Crippen LogP contribution in [0.2, 0.25) is 0 Å². The summed E-state index contributed by atoms with van der Waals surface area (Å²) in [6, 6.07) is 0. The molecular weight excluding hydrogens is 308 g/mol. The highest BCUT2D eigenvalue weighted by molar-refractivity contribution is 9.10. The molecular formula is C13H23BrN4O. The average Bonchev–Trinajstić information content (AvgIpc) is 2.38. The lowest BCUT2D eigenvalue weighted by Crippen LogP contribution is -2.25. The Bertz CT molecular complexity index is 445. The number of rotatable bonds is 8. The van der Waals surface area contributed by atoms with Crippen molar-refractivity contribution < 1.29 is 0 Å². The highest BCUT2D eigenvalue weighted by Crippen LogP contribution is 2.16. The maximum absolute atomic E-state index is 12.0. The number of hydrogen-bond acceptors (Lipinski definition) is 4. The summed E-state index contributed by atoms with van der Waals surface area (Å²) in [7, 11) is 4.10. The summed E-state index contributed by atoms with van der Waals surface area (Å²) in [6.07, 6.45) is 4.76. The molecule has 6 heteroatoms. The monoisotopic (exact) mass is 330 g/mol. The molecule has 0 spiro atoms. The third kappa shape index (κ3) is 5.32. The van der Waals surface area contributed by atoms with Gasteiger partial charge in [-0.15, -0.1) is 0 Å². The van der Waals surface area contributed by atoms with Crippen LogP contribution in [0.4, 0.5) is 5.69 Å². The molecule has 0 amide bonds. The molecule has 19 heavy (non-hydrogen) atoms. The van der Waals surface area contributed by atoms with Crippen molar-refractivity contribution in [2.45, 2.75) is 32.7 Å². The van der Waals surface area contributed by atoms with E-state index in [0.29, 0.717) is 11.0 Å². The minimum atomic E-state index is -0.0638. The quantitative estimate of drug-likeness (QED) is 0.742. The molecule has 1 rings (SSSR count). The number of unbranched alkanes of at least 4 members (excludes halogenated alkanes) is 1. The van der Waals surface area contributed by atoms with Gasteiger partial charge in [-0.05, 0) is 49.4 Å². The molecule has 0 saturated carbocycles. The van der Waals surface area contributed by atoms with E-state index in [0.717, 1.165) is 38.0 Å². The fourth-order valence-electron chi connectivity index (χ4n) is 1.67. The number of aryl methyl sites for hydroxylation is 1. The van der Waals surface area contributed by atoms with Gasteiger partial charge in [0.05, 0.1) is 11.9 Å². The van der Waals surface area contributed by atoms with Gasteiger partial charge in [0.2, 0.25) is 0 Å². The molecule has 1 aromatic heterocycles. The number of aromatic nitrogens is 2. The van der Waals surface area contributed by atoms with Crippen molar-refractivity contribution in [3.63, 3.8) is 0 Å². The van der Waals surface area contributed by atoms with E-state index in [2.05, 4.69) is 38.2 Å². The van der Waals surface area contributed by atoms with Gasteiger partial charge in [-0.2, -0.15) is 5.10 Å². The molecule has 0 aliphatic rings. The second-order valence-corrected chi connectivity index (χ2v) is 5.63. The molecule has 1 aromatic rings. The Labute approximate surface area is 123 Å². The van der Waals surface area contributed by atoms with Gasteiger partial charge in [-0.3, -0.25) is 4.79 Å². The van der Waals surface area contributed by atoms with Crippen LogP contribution in [0.25, 0.3) is 0 Å². The average molecular weight is 331 g/mol. The Morgan fingerprint density at radius 1 is 1.42 bits per heavy atom. The fourth-order valence-corrected chi connectivity index (χ4v) is 2.12. The molecule has 1 N–H and O–H groups in total. The van der Waals surface area contributed by atoms with Crippen molar-refractivity contribution in [2.24, 2.45) is 0 Å². The van der Waals surface area contributed by atoms with Gasteiger partial charge < -0.3 is 10.2 Å². The molecule has 0 aliphatic carbocycles. The number of nitrogens with zero attached hydrogens (tertiary/aromatic N) is 3. The third-order valence-electron chi connectivity index (χ3n) is 2.81. The molecule has 0 unspecified atom stereocenters. The Balaban J connectivity index is 2.61. The number of halogens is 1. The smallest absolute Gasteiger partial charge is 0.283 e. The lowest BCUT2D eigenvalue weighted by molar-refractivity contribution is 0.405. The zero-order valence-corrected chi connectivity index (χ0v) is 13.5. The highest BCUT2D eigenvalue weighted by atomic mass is 79.9. The van der Waals surface area contributed by atoms with Gasteiger partial charge in [-0.1, -0.05) is 13.3 Å². The van der Waals surface area contributed by atoms with Crippen LogP contribution in [0.5, 0.6) is 0 Å².